The van der Waals surface area contributed by atoms with Crippen molar-refractivity contribution in [1.82, 2.24) is 24.4 Å². The van der Waals surface area contributed by atoms with Gasteiger partial charge in [-0.15, -0.1) is 0 Å². The topological polar surface area (TPSA) is 83.9 Å². The number of rotatable bonds is 5. The maximum Gasteiger partial charge on any atom is 0.261 e. The van der Waals surface area contributed by atoms with Gasteiger partial charge in [-0.25, -0.2) is 9.97 Å². The standard InChI is InChI=1S/C24H25N5O2/c30-22(10-5-13-29-16-25-19-7-2-1-6-18(19)24(29)31)28-14-11-17(12-15-28)23-26-20-8-3-4-9-21(20)27-23/h1-4,6-9,16-17H,5,10-15H2,(H,26,27). The highest BCUT2D eigenvalue weighted by Crippen LogP contribution is 2.28. The molecule has 31 heavy (non-hydrogen) atoms. The highest BCUT2D eigenvalue weighted by molar-refractivity contribution is 5.77. The van der Waals surface area contributed by atoms with Gasteiger partial charge in [0.1, 0.15) is 5.82 Å². The summed E-state index contributed by atoms with van der Waals surface area (Å²) in [6.45, 7) is 1.99. The number of carbonyl (C=O) groups is 1. The zero-order valence-electron chi connectivity index (χ0n) is 17.3. The largest absolute Gasteiger partial charge is 0.343 e. The van der Waals surface area contributed by atoms with Gasteiger partial charge in [0.05, 0.1) is 28.3 Å². The normalized spacial score (nSPS) is 15.0. The van der Waals surface area contributed by atoms with Gasteiger partial charge in [0, 0.05) is 32.0 Å². The molecule has 0 aliphatic carbocycles. The van der Waals surface area contributed by atoms with E-state index in [0.29, 0.717) is 36.2 Å². The van der Waals surface area contributed by atoms with Gasteiger partial charge in [-0.05, 0) is 43.5 Å². The van der Waals surface area contributed by atoms with Crippen LogP contribution in [0.3, 0.4) is 0 Å². The molecule has 0 atom stereocenters. The minimum atomic E-state index is -0.0512. The van der Waals surface area contributed by atoms with Gasteiger partial charge < -0.3 is 9.88 Å². The Morgan fingerprint density at radius 3 is 2.58 bits per heavy atom. The van der Waals surface area contributed by atoms with E-state index in [-0.39, 0.29) is 11.5 Å². The first-order chi connectivity index (χ1) is 15.2. The monoisotopic (exact) mass is 415 g/mol. The summed E-state index contributed by atoms with van der Waals surface area (Å²) in [6.07, 6.45) is 4.48. The summed E-state index contributed by atoms with van der Waals surface area (Å²) in [5.41, 5.74) is 2.71. The lowest BCUT2D eigenvalue weighted by Crippen LogP contribution is -2.38. The lowest BCUT2D eigenvalue weighted by molar-refractivity contribution is -0.132. The number of likely N-dealkylation sites (tertiary alicyclic amines) is 1. The van der Waals surface area contributed by atoms with E-state index in [4.69, 9.17) is 4.98 Å². The molecule has 0 bridgehead atoms. The van der Waals surface area contributed by atoms with Crippen LogP contribution in [0.15, 0.2) is 59.7 Å². The second-order valence-electron chi connectivity index (χ2n) is 8.16. The van der Waals surface area contributed by atoms with Crippen molar-refractivity contribution in [2.45, 2.75) is 38.1 Å². The molecule has 3 heterocycles. The molecule has 7 nitrogen and oxygen atoms in total. The van der Waals surface area contributed by atoms with Crippen LogP contribution >= 0.6 is 0 Å². The summed E-state index contributed by atoms with van der Waals surface area (Å²) in [4.78, 5) is 39.7. The molecular formula is C24H25N5O2. The number of aromatic nitrogens is 4. The Kier molecular flexibility index (Phi) is 5.24. The first kappa shape index (κ1) is 19.5. The quantitative estimate of drug-likeness (QED) is 0.541. The smallest absolute Gasteiger partial charge is 0.261 e. The van der Waals surface area contributed by atoms with Gasteiger partial charge in [-0.1, -0.05) is 24.3 Å². The average molecular weight is 415 g/mol. The van der Waals surface area contributed by atoms with Crippen molar-refractivity contribution in [1.29, 1.82) is 0 Å². The Morgan fingerprint density at radius 2 is 1.77 bits per heavy atom. The number of benzene rings is 2. The third kappa shape index (κ3) is 3.95. The summed E-state index contributed by atoms with van der Waals surface area (Å²) in [5.74, 6) is 1.54. The van der Waals surface area contributed by atoms with E-state index in [1.54, 1.807) is 17.0 Å². The van der Waals surface area contributed by atoms with Crippen LogP contribution in [0.4, 0.5) is 0 Å². The number of hydrogen-bond acceptors (Lipinski definition) is 4. The van der Waals surface area contributed by atoms with Crippen molar-refractivity contribution < 1.29 is 4.79 Å². The van der Waals surface area contributed by atoms with Gasteiger partial charge in [-0.3, -0.25) is 14.2 Å². The number of imidazole rings is 1. The van der Waals surface area contributed by atoms with Crippen LogP contribution in [-0.4, -0.2) is 43.4 Å². The Hall–Kier alpha value is -3.48. The minimum absolute atomic E-state index is 0.0512. The molecule has 1 N–H and O–H groups in total. The molecule has 1 saturated heterocycles. The van der Waals surface area contributed by atoms with Crippen LogP contribution in [0.2, 0.25) is 0 Å². The van der Waals surface area contributed by atoms with Gasteiger partial charge in [0.25, 0.3) is 5.56 Å². The van der Waals surface area contributed by atoms with Crippen molar-refractivity contribution in [3.63, 3.8) is 0 Å². The SMILES string of the molecule is O=C(CCCn1cnc2ccccc2c1=O)N1CCC(c2nc3ccccc3[nH]2)CC1. The minimum Gasteiger partial charge on any atom is -0.343 e. The van der Waals surface area contributed by atoms with Crippen LogP contribution in [0.5, 0.6) is 0 Å². The average Bonchev–Trinajstić information content (AvgIpc) is 3.25. The van der Waals surface area contributed by atoms with E-state index in [2.05, 4.69) is 9.97 Å². The molecule has 1 amide bonds. The van der Waals surface area contributed by atoms with E-state index in [0.717, 1.165) is 42.8 Å². The number of para-hydroxylation sites is 3. The number of amides is 1. The van der Waals surface area contributed by atoms with Crippen molar-refractivity contribution in [2.24, 2.45) is 0 Å². The Labute approximate surface area is 179 Å². The lowest BCUT2D eigenvalue weighted by atomic mass is 9.96. The van der Waals surface area contributed by atoms with E-state index < -0.39 is 0 Å². The Bertz CT molecular complexity index is 1250. The number of carbonyl (C=O) groups excluding carboxylic acids is 1. The van der Waals surface area contributed by atoms with Gasteiger partial charge in [-0.2, -0.15) is 0 Å². The zero-order chi connectivity index (χ0) is 21.2. The second-order valence-corrected chi connectivity index (χ2v) is 8.16. The first-order valence-electron chi connectivity index (χ1n) is 10.9. The summed E-state index contributed by atoms with van der Waals surface area (Å²) < 4.78 is 1.60. The lowest BCUT2D eigenvalue weighted by Gasteiger charge is -2.31. The molecule has 0 radical (unpaired) electrons. The molecule has 1 aliphatic rings. The molecule has 1 fully saturated rings. The molecule has 7 heteroatoms. The summed E-state index contributed by atoms with van der Waals surface area (Å²) in [6, 6.07) is 15.4. The highest BCUT2D eigenvalue weighted by atomic mass is 16.2. The van der Waals surface area contributed by atoms with E-state index >= 15 is 0 Å². The van der Waals surface area contributed by atoms with Crippen LogP contribution in [0.25, 0.3) is 21.9 Å². The van der Waals surface area contributed by atoms with Gasteiger partial charge in [0.2, 0.25) is 5.91 Å². The van der Waals surface area contributed by atoms with E-state index in [1.165, 1.54) is 0 Å². The fraction of sp³-hybridized carbons (Fsp3) is 0.333. The van der Waals surface area contributed by atoms with Gasteiger partial charge in [0.15, 0.2) is 0 Å². The fourth-order valence-electron chi connectivity index (χ4n) is 4.39. The van der Waals surface area contributed by atoms with Crippen LogP contribution in [-0.2, 0) is 11.3 Å². The first-order valence-corrected chi connectivity index (χ1v) is 10.9. The number of fused-ring (bicyclic) bond motifs is 2. The molecule has 2 aromatic heterocycles. The number of nitrogens with zero attached hydrogens (tertiary/aromatic N) is 4. The maximum atomic E-state index is 12.7. The van der Waals surface area contributed by atoms with Crippen LogP contribution in [0, 0.1) is 0 Å². The van der Waals surface area contributed by atoms with Crippen molar-refractivity contribution in [2.75, 3.05) is 13.1 Å². The molecule has 4 aromatic rings. The van der Waals surface area contributed by atoms with E-state index in [1.807, 2.05) is 47.4 Å². The molecular weight excluding hydrogens is 390 g/mol. The predicted molar refractivity (Wildman–Crippen MR) is 120 cm³/mol. The number of aryl methyl sites for hydroxylation is 1. The number of nitrogens with one attached hydrogen (secondary N) is 1. The van der Waals surface area contributed by atoms with Crippen molar-refractivity contribution in [3.05, 3.63) is 71.0 Å². The molecule has 0 unspecified atom stereocenters. The molecule has 158 valence electrons. The van der Waals surface area contributed by atoms with Crippen LogP contribution in [0.1, 0.15) is 37.4 Å². The number of H-pyrrole nitrogens is 1. The molecule has 0 spiro atoms. The molecule has 5 rings (SSSR count). The summed E-state index contributed by atoms with van der Waals surface area (Å²) in [7, 11) is 0. The van der Waals surface area contributed by atoms with Crippen molar-refractivity contribution >= 4 is 27.8 Å². The predicted octanol–water partition coefficient (Wildman–Crippen LogP) is 3.46. The second kappa shape index (κ2) is 8.34. The third-order valence-electron chi connectivity index (χ3n) is 6.16. The molecule has 2 aromatic carbocycles. The molecule has 0 saturated carbocycles. The third-order valence-corrected chi connectivity index (χ3v) is 6.16. The number of piperidine rings is 1. The summed E-state index contributed by atoms with van der Waals surface area (Å²) >= 11 is 0. The highest BCUT2D eigenvalue weighted by Gasteiger charge is 2.25. The fourth-order valence-corrected chi connectivity index (χ4v) is 4.39. The summed E-state index contributed by atoms with van der Waals surface area (Å²) in [5, 5.41) is 0.615. The maximum absolute atomic E-state index is 12.7. The Morgan fingerprint density at radius 1 is 1.03 bits per heavy atom. The molecule has 1 aliphatic heterocycles. The van der Waals surface area contributed by atoms with Crippen LogP contribution < -0.4 is 5.56 Å². The Balaban J connectivity index is 1.14. The number of aromatic amines is 1. The van der Waals surface area contributed by atoms with Gasteiger partial charge >= 0.3 is 0 Å². The number of hydrogen-bond donors (Lipinski definition) is 1. The zero-order valence-corrected chi connectivity index (χ0v) is 17.3. The van der Waals surface area contributed by atoms with E-state index in [9.17, 15) is 9.59 Å². The van der Waals surface area contributed by atoms with Crippen molar-refractivity contribution in [3.8, 4) is 0 Å².